The molecule has 0 aromatic rings. The van der Waals surface area contributed by atoms with Crippen LogP contribution in [-0.2, 0) is 4.79 Å². The molecule has 1 unspecified atom stereocenters. The number of hydrogen-bond acceptors (Lipinski definition) is 2. The quantitative estimate of drug-likeness (QED) is 0.616. The molecule has 0 heterocycles. The van der Waals surface area contributed by atoms with Crippen molar-refractivity contribution in [3.8, 4) is 0 Å². The average Bonchev–Trinajstić information content (AvgIpc) is 2.04. The Labute approximate surface area is 81.1 Å². The van der Waals surface area contributed by atoms with Gasteiger partial charge in [0.15, 0.2) is 0 Å². The normalized spacial score (nSPS) is 15.1. The van der Waals surface area contributed by atoms with E-state index in [2.05, 4.69) is 12.2 Å². The molecule has 0 aliphatic heterocycles. The molecule has 2 atom stereocenters. The number of carbonyl (C=O) groups is 1. The summed E-state index contributed by atoms with van der Waals surface area (Å²) in [5.41, 5.74) is 5.43. The third-order valence-corrected chi connectivity index (χ3v) is 2.04. The second kappa shape index (κ2) is 6.89. The molecule has 0 rings (SSSR count). The minimum Gasteiger partial charge on any atom is -0.352 e. The number of rotatable bonds is 6. The number of unbranched alkanes of at least 4 members (excludes halogenated alkanes) is 2. The van der Waals surface area contributed by atoms with E-state index in [0.717, 1.165) is 6.42 Å². The Morgan fingerprint density at radius 1 is 1.38 bits per heavy atom. The molecule has 0 fully saturated rings. The molecular weight excluding hydrogens is 164 g/mol. The minimum absolute atomic E-state index is 0.0519. The number of nitrogens with two attached hydrogens (primary N) is 1. The summed E-state index contributed by atoms with van der Waals surface area (Å²) in [5.74, 6) is -0.0519. The van der Waals surface area contributed by atoms with Gasteiger partial charge in [0, 0.05) is 6.04 Å². The van der Waals surface area contributed by atoms with Crippen molar-refractivity contribution < 1.29 is 4.79 Å². The maximum Gasteiger partial charge on any atom is 0.236 e. The van der Waals surface area contributed by atoms with Crippen molar-refractivity contribution in [2.45, 2.75) is 58.5 Å². The van der Waals surface area contributed by atoms with Crippen LogP contribution >= 0.6 is 0 Å². The molecule has 0 aliphatic carbocycles. The fraction of sp³-hybridized carbons (Fsp3) is 0.900. The molecule has 0 saturated carbocycles. The standard InChI is InChI=1S/C10H22N2O/c1-4-5-6-7-8(2)12-10(13)9(3)11/h8-9H,4-7,11H2,1-3H3,(H,12,13)/t8?,9-/m1/s1. The fourth-order valence-electron chi connectivity index (χ4n) is 1.15. The Balaban J connectivity index is 3.50. The first-order valence-electron chi connectivity index (χ1n) is 5.13. The molecular formula is C10H22N2O. The van der Waals surface area contributed by atoms with E-state index in [-0.39, 0.29) is 11.9 Å². The highest BCUT2D eigenvalue weighted by Gasteiger charge is 2.09. The summed E-state index contributed by atoms with van der Waals surface area (Å²) in [7, 11) is 0. The summed E-state index contributed by atoms with van der Waals surface area (Å²) < 4.78 is 0. The van der Waals surface area contributed by atoms with Gasteiger partial charge in [-0.3, -0.25) is 4.79 Å². The van der Waals surface area contributed by atoms with Crippen LogP contribution in [0.3, 0.4) is 0 Å². The minimum atomic E-state index is -0.395. The lowest BCUT2D eigenvalue weighted by Crippen LogP contribution is -2.42. The van der Waals surface area contributed by atoms with Gasteiger partial charge in [-0.25, -0.2) is 0 Å². The number of hydrogen-bond donors (Lipinski definition) is 2. The highest BCUT2D eigenvalue weighted by Crippen LogP contribution is 2.02. The lowest BCUT2D eigenvalue weighted by Gasteiger charge is -2.14. The molecule has 0 spiro atoms. The molecule has 0 aromatic heterocycles. The van der Waals surface area contributed by atoms with Crippen LogP contribution in [0.1, 0.15) is 46.5 Å². The van der Waals surface area contributed by atoms with Crippen molar-refractivity contribution in [3.05, 3.63) is 0 Å². The first kappa shape index (κ1) is 12.4. The van der Waals surface area contributed by atoms with Crippen LogP contribution in [0, 0.1) is 0 Å². The SMILES string of the molecule is CCCCCC(C)NC(=O)[C@@H](C)N. The van der Waals surface area contributed by atoms with Crippen molar-refractivity contribution in [3.63, 3.8) is 0 Å². The van der Waals surface area contributed by atoms with Crippen LogP contribution in [0.5, 0.6) is 0 Å². The molecule has 0 saturated heterocycles. The van der Waals surface area contributed by atoms with Gasteiger partial charge in [0.1, 0.15) is 0 Å². The van der Waals surface area contributed by atoms with Gasteiger partial charge >= 0.3 is 0 Å². The van der Waals surface area contributed by atoms with Crippen molar-refractivity contribution in [2.75, 3.05) is 0 Å². The van der Waals surface area contributed by atoms with Crippen LogP contribution in [-0.4, -0.2) is 18.0 Å². The van der Waals surface area contributed by atoms with E-state index >= 15 is 0 Å². The summed E-state index contributed by atoms with van der Waals surface area (Å²) in [5, 5.41) is 2.87. The molecule has 3 heteroatoms. The van der Waals surface area contributed by atoms with Gasteiger partial charge in [-0.15, -0.1) is 0 Å². The van der Waals surface area contributed by atoms with Crippen LogP contribution in [0.25, 0.3) is 0 Å². The van der Waals surface area contributed by atoms with Gasteiger partial charge in [-0.1, -0.05) is 26.2 Å². The lowest BCUT2D eigenvalue weighted by atomic mass is 10.1. The smallest absolute Gasteiger partial charge is 0.236 e. The number of nitrogens with one attached hydrogen (secondary N) is 1. The zero-order valence-corrected chi connectivity index (χ0v) is 8.97. The average molecular weight is 186 g/mol. The molecule has 78 valence electrons. The zero-order chi connectivity index (χ0) is 10.3. The summed E-state index contributed by atoms with van der Waals surface area (Å²) in [6, 6.07) is -0.140. The maximum absolute atomic E-state index is 11.1. The predicted octanol–water partition coefficient (Wildman–Crippen LogP) is 1.42. The Morgan fingerprint density at radius 2 is 2.00 bits per heavy atom. The van der Waals surface area contributed by atoms with E-state index in [1.807, 2.05) is 6.92 Å². The molecule has 0 aromatic carbocycles. The van der Waals surface area contributed by atoms with Gasteiger partial charge in [0.05, 0.1) is 6.04 Å². The monoisotopic (exact) mass is 186 g/mol. The van der Waals surface area contributed by atoms with E-state index in [0.29, 0.717) is 0 Å². The highest BCUT2D eigenvalue weighted by atomic mass is 16.2. The summed E-state index contributed by atoms with van der Waals surface area (Å²) in [6.45, 7) is 5.90. The van der Waals surface area contributed by atoms with E-state index in [4.69, 9.17) is 5.73 Å². The molecule has 13 heavy (non-hydrogen) atoms. The lowest BCUT2D eigenvalue weighted by molar-refractivity contribution is -0.122. The summed E-state index contributed by atoms with van der Waals surface area (Å²) in [6.07, 6.45) is 4.68. The largest absolute Gasteiger partial charge is 0.352 e. The Bertz CT molecular complexity index is 146. The van der Waals surface area contributed by atoms with Crippen LogP contribution in [0.15, 0.2) is 0 Å². The molecule has 0 aliphatic rings. The molecule has 3 nitrogen and oxygen atoms in total. The Kier molecular flexibility index (Phi) is 6.59. The third-order valence-electron chi connectivity index (χ3n) is 2.04. The van der Waals surface area contributed by atoms with Gasteiger partial charge in [-0.2, -0.15) is 0 Å². The van der Waals surface area contributed by atoms with Crippen LogP contribution < -0.4 is 11.1 Å². The summed E-state index contributed by atoms with van der Waals surface area (Å²) >= 11 is 0. The number of carbonyl (C=O) groups excluding carboxylic acids is 1. The van der Waals surface area contributed by atoms with Crippen LogP contribution in [0.4, 0.5) is 0 Å². The summed E-state index contributed by atoms with van der Waals surface area (Å²) in [4.78, 5) is 11.1. The molecule has 1 amide bonds. The highest BCUT2D eigenvalue weighted by molar-refractivity contribution is 5.81. The van der Waals surface area contributed by atoms with Crippen molar-refractivity contribution in [2.24, 2.45) is 5.73 Å². The second-order valence-electron chi connectivity index (χ2n) is 3.69. The molecule has 0 bridgehead atoms. The van der Waals surface area contributed by atoms with E-state index in [9.17, 15) is 4.79 Å². The van der Waals surface area contributed by atoms with E-state index in [1.165, 1.54) is 19.3 Å². The van der Waals surface area contributed by atoms with Crippen molar-refractivity contribution in [1.29, 1.82) is 0 Å². The zero-order valence-electron chi connectivity index (χ0n) is 8.97. The van der Waals surface area contributed by atoms with Gasteiger partial charge in [0.2, 0.25) is 5.91 Å². The van der Waals surface area contributed by atoms with Crippen molar-refractivity contribution in [1.82, 2.24) is 5.32 Å². The Hall–Kier alpha value is -0.570. The van der Waals surface area contributed by atoms with Gasteiger partial charge in [0.25, 0.3) is 0 Å². The Morgan fingerprint density at radius 3 is 2.46 bits per heavy atom. The van der Waals surface area contributed by atoms with Gasteiger partial charge in [-0.05, 0) is 20.3 Å². The first-order valence-corrected chi connectivity index (χ1v) is 5.13. The number of amides is 1. The fourth-order valence-corrected chi connectivity index (χ4v) is 1.15. The predicted molar refractivity (Wildman–Crippen MR) is 55.4 cm³/mol. The van der Waals surface area contributed by atoms with Crippen LogP contribution in [0.2, 0.25) is 0 Å². The third kappa shape index (κ3) is 6.58. The molecule has 0 radical (unpaired) electrons. The molecule has 3 N–H and O–H groups in total. The van der Waals surface area contributed by atoms with Gasteiger partial charge < -0.3 is 11.1 Å². The van der Waals surface area contributed by atoms with Crippen molar-refractivity contribution >= 4 is 5.91 Å². The van der Waals surface area contributed by atoms with E-state index in [1.54, 1.807) is 6.92 Å². The topological polar surface area (TPSA) is 55.1 Å². The first-order chi connectivity index (χ1) is 6.07. The maximum atomic E-state index is 11.1. The van der Waals surface area contributed by atoms with E-state index < -0.39 is 6.04 Å². The second-order valence-corrected chi connectivity index (χ2v) is 3.69.